The van der Waals surface area contributed by atoms with Gasteiger partial charge in [-0.2, -0.15) is 13.2 Å². The molecule has 2 rings (SSSR count). The molecule has 0 saturated heterocycles. The van der Waals surface area contributed by atoms with Crippen molar-refractivity contribution in [2.45, 2.75) is 31.2 Å². The molecule has 0 aliphatic heterocycles. The number of anilines is 2. The molecule has 0 spiro atoms. The Hall–Kier alpha value is -1.57. The number of rotatable bonds is 5. The van der Waals surface area contributed by atoms with Gasteiger partial charge in [-0.25, -0.2) is 9.97 Å². The highest BCUT2D eigenvalue weighted by Crippen LogP contribution is 2.51. The average Bonchev–Trinajstić information content (AvgIpc) is 3.09. The Balaban J connectivity index is 2.22. The lowest BCUT2D eigenvalue weighted by molar-refractivity contribution is -0.151. The van der Waals surface area contributed by atoms with Crippen LogP contribution in [0.5, 0.6) is 0 Å². The molecule has 1 aliphatic rings. The lowest BCUT2D eigenvalue weighted by Crippen LogP contribution is -2.39. The summed E-state index contributed by atoms with van der Waals surface area (Å²) in [7, 11) is 3.11. The van der Waals surface area contributed by atoms with Crippen molar-refractivity contribution in [2.24, 2.45) is 0 Å². The minimum atomic E-state index is -4.28. The summed E-state index contributed by atoms with van der Waals surface area (Å²) in [6.07, 6.45) is -4.15. The van der Waals surface area contributed by atoms with Crippen LogP contribution in [0.1, 0.15) is 18.7 Å². The number of nitrogens with zero attached hydrogens (tertiary/aromatic N) is 2. The summed E-state index contributed by atoms with van der Waals surface area (Å²) in [5.41, 5.74) is -1.84. The van der Waals surface area contributed by atoms with E-state index in [1.807, 2.05) is 0 Å². The van der Waals surface area contributed by atoms with E-state index in [1.54, 1.807) is 7.05 Å². The van der Waals surface area contributed by atoms with Crippen LogP contribution in [0.2, 0.25) is 0 Å². The van der Waals surface area contributed by atoms with E-state index in [-0.39, 0.29) is 25.3 Å². The van der Waals surface area contributed by atoms with E-state index in [1.165, 1.54) is 13.2 Å². The van der Waals surface area contributed by atoms with Gasteiger partial charge in [0.15, 0.2) is 5.82 Å². The SMILES string of the molecule is CNc1cc(NC2(C(F)(F)F)CC2)nc(COC)n1. The summed E-state index contributed by atoms with van der Waals surface area (Å²) in [6.45, 7) is 0.142. The van der Waals surface area contributed by atoms with Gasteiger partial charge in [0.2, 0.25) is 0 Å². The molecule has 0 aromatic carbocycles. The average molecular weight is 276 g/mol. The molecule has 2 N–H and O–H groups in total. The predicted molar refractivity (Wildman–Crippen MR) is 63.9 cm³/mol. The van der Waals surface area contributed by atoms with Crippen LogP contribution < -0.4 is 10.6 Å². The number of aromatic nitrogens is 2. The largest absolute Gasteiger partial charge is 0.411 e. The van der Waals surface area contributed by atoms with E-state index in [4.69, 9.17) is 4.74 Å². The van der Waals surface area contributed by atoms with E-state index in [9.17, 15) is 13.2 Å². The molecule has 1 fully saturated rings. The number of hydrogen-bond donors (Lipinski definition) is 2. The van der Waals surface area contributed by atoms with Crippen molar-refractivity contribution in [2.75, 3.05) is 24.8 Å². The molecule has 0 radical (unpaired) electrons. The van der Waals surface area contributed by atoms with Crippen molar-refractivity contribution in [3.8, 4) is 0 Å². The fourth-order valence-electron chi connectivity index (χ4n) is 1.73. The van der Waals surface area contributed by atoms with E-state index in [0.717, 1.165) is 0 Å². The molecule has 8 heteroatoms. The first-order valence-electron chi connectivity index (χ1n) is 5.80. The second-order valence-corrected chi connectivity index (χ2v) is 4.44. The smallest absolute Gasteiger partial charge is 0.377 e. The third kappa shape index (κ3) is 2.89. The second kappa shape index (κ2) is 4.84. The minimum Gasteiger partial charge on any atom is -0.377 e. The summed E-state index contributed by atoms with van der Waals surface area (Å²) in [6, 6.07) is 1.45. The zero-order valence-corrected chi connectivity index (χ0v) is 10.6. The third-order valence-corrected chi connectivity index (χ3v) is 2.96. The Labute approximate surface area is 108 Å². The number of alkyl halides is 3. The van der Waals surface area contributed by atoms with Crippen molar-refractivity contribution >= 4 is 11.6 Å². The molecule has 5 nitrogen and oxygen atoms in total. The van der Waals surface area contributed by atoms with Crippen LogP contribution in [0.25, 0.3) is 0 Å². The molecule has 1 aromatic heterocycles. The first-order valence-corrected chi connectivity index (χ1v) is 5.80. The van der Waals surface area contributed by atoms with Gasteiger partial charge in [-0.05, 0) is 12.8 Å². The van der Waals surface area contributed by atoms with Crippen molar-refractivity contribution in [3.05, 3.63) is 11.9 Å². The first-order chi connectivity index (χ1) is 8.90. The first kappa shape index (κ1) is 13.9. The summed E-state index contributed by atoms with van der Waals surface area (Å²) >= 11 is 0. The summed E-state index contributed by atoms with van der Waals surface area (Å²) in [5.74, 6) is 0.929. The van der Waals surface area contributed by atoms with Crippen LogP contribution in [0.3, 0.4) is 0 Å². The summed E-state index contributed by atoms with van der Waals surface area (Å²) < 4.78 is 43.5. The van der Waals surface area contributed by atoms with Crippen molar-refractivity contribution in [1.82, 2.24) is 9.97 Å². The van der Waals surface area contributed by atoms with Crippen molar-refractivity contribution in [1.29, 1.82) is 0 Å². The molecule has 106 valence electrons. The standard InChI is InChI=1S/C11H15F3N4O/c1-15-7-5-8(17-9(16-7)6-19-2)18-10(3-4-10)11(12,13)14/h5H,3-4,6H2,1-2H3,(H2,15,16,17,18). The maximum atomic E-state index is 12.9. The van der Waals surface area contributed by atoms with Gasteiger partial charge in [-0.15, -0.1) is 0 Å². The molecule has 0 amide bonds. The van der Waals surface area contributed by atoms with Gasteiger partial charge in [0.1, 0.15) is 23.8 Å². The maximum Gasteiger partial charge on any atom is 0.411 e. The normalized spacial score (nSPS) is 17.1. The van der Waals surface area contributed by atoms with Crippen molar-refractivity contribution in [3.63, 3.8) is 0 Å². The fourth-order valence-corrected chi connectivity index (χ4v) is 1.73. The van der Waals surface area contributed by atoms with Crippen LogP contribution >= 0.6 is 0 Å². The number of methoxy groups -OCH3 is 1. The molecular weight excluding hydrogens is 261 g/mol. The Kier molecular flexibility index (Phi) is 3.53. The van der Waals surface area contributed by atoms with Gasteiger partial charge in [-0.1, -0.05) is 0 Å². The number of halogens is 3. The molecule has 1 aromatic rings. The Morgan fingerprint density at radius 3 is 2.42 bits per heavy atom. The summed E-state index contributed by atoms with van der Waals surface area (Å²) in [4.78, 5) is 8.11. The number of ether oxygens (including phenoxy) is 1. The van der Waals surface area contributed by atoms with Crippen LogP contribution in [0, 0.1) is 0 Å². The molecule has 1 aliphatic carbocycles. The van der Waals surface area contributed by atoms with Gasteiger partial charge < -0.3 is 15.4 Å². The van der Waals surface area contributed by atoms with Crippen LogP contribution in [-0.2, 0) is 11.3 Å². The zero-order chi connectivity index (χ0) is 14.1. The maximum absolute atomic E-state index is 12.9. The molecular formula is C11H15F3N4O. The second-order valence-electron chi connectivity index (χ2n) is 4.44. The topological polar surface area (TPSA) is 59.1 Å². The zero-order valence-electron chi connectivity index (χ0n) is 10.6. The van der Waals surface area contributed by atoms with Crippen LogP contribution in [-0.4, -0.2) is 35.8 Å². The van der Waals surface area contributed by atoms with Gasteiger partial charge >= 0.3 is 6.18 Å². The summed E-state index contributed by atoms with van der Waals surface area (Å²) in [5, 5.41) is 5.25. The monoisotopic (exact) mass is 276 g/mol. The Morgan fingerprint density at radius 1 is 1.32 bits per heavy atom. The van der Waals surface area contributed by atoms with Gasteiger partial charge in [-0.3, -0.25) is 0 Å². The van der Waals surface area contributed by atoms with Gasteiger partial charge in [0.25, 0.3) is 0 Å². The van der Waals surface area contributed by atoms with Gasteiger partial charge in [0.05, 0.1) is 0 Å². The van der Waals surface area contributed by atoms with E-state index < -0.39 is 11.7 Å². The van der Waals surface area contributed by atoms with E-state index >= 15 is 0 Å². The quantitative estimate of drug-likeness (QED) is 0.863. The van der Waals surface area contributed by atoms with E-state index in [0.29, 0.717) is 11.6 Å². The molecule has 0 bridgehead atoms. The highest BCUT2D eigenvalue weighted by molar-refractivity contribution is 5.50. The molecule has 0 atom stereocenters. The Morgan fingerprint density at radius 2 is 1.95 bits per heavy atom. The molecule has 1 saturated carbocycles. The third-order valence-electron chi connectivity index (χ3n) is 2.96. The van der Waals surface area contributed by atoms with Gasteiger partial charge in [0, 0.05) is 20.2 Å². The minimum absolute atomic E-state index is 0.0645. The number of hydrogen-bond acceptors (Lipinski definition) is 5. The molecule has 1 heterocycles. The van der Waals surface area contributed by atoms with Crippen LogP contribution in [0.15, 0.2) is 6.07 Å². The number of nitrogens with one attached hydrogen (secondary N) is 2. The predicted octanol–water partition coefficient (Wildman–Crippen LogP) is 2.17. The fraction of sp³-hybridized carbons (Fsp3) is 0.636. The lowest BCUT2D eigenvalue weighted by Gasteiger charge is -2.21. The Bertz CT molecular complexity index is 460. The van der Waals surface area contributed by atoms with Crippen LogP contribution in [0.4, 0.5) is 24.8 Å². The van der Waals surface area contributed by atoms with Crippen molar-refractivity contribution < 1.29 is 17.9 Å². The highest BCUT2D eigenvalue weighted by atomic mass is 19.4. The molecule has 0 unspecified atom stereocenters. The highest BCUT2D eigenvalue weighted by Gasteiger charge is 2.63. The molecule has 19 heavy (non-hydrogen) atoms. The lowest BCUT2D eigenvalue weighted by atomic mass is 10.2. The van der Waals surface area contributed by atoms with E-state index in [2.05, 4.69) is 20.6 Å².